The number of carbonyl (C=O) groups excluding carboxylic acids is 1. The quantitative estimate of drug-likeness (QED) is 0.808. The van der Waals surface area contributed by atoms with Gasteiger partial charge in [0, 0.05) is 45.3 Å². The maximum absolute atomic E-state index is 15.0. The highest BCUT2D eigenvalue weighted by Gasteiger charge is 2.21. The SMILES string of the molecule is CCOc1cc(CN2CCN(C(C)=O)CC2)cc(F)c1-c1cc(C)ncn1. The van der Waals surface area contributed by atoms with Crippen molar-refractivity contribution in [1.29, 1.82) is 0 Å². The lowest BCUT2D eigenvalue weighted by Gasteiger charge is -2.34. The molecule has 1 aliphatic rings. The van der Waals surface area contributed by atoms with Gasteiger partial charge in [-0.25, -0.2) is 14.4 Å². The number of ether oxygens (including phenoxy) is 1. The highest BCUT2D eigenvalue weighted by atomic mass is 19.1. The number of aromatic nitrogens is 2. The molecule has 0 bridgehead atoms. The molecule has 144 valence electrons. The summed E-state index contributed by atoms with van der Waals surface area (Å²) in [5, 5.41) is 0. The van der Waals surface area contributed by atoms with Crippen molar-refractivity contribution in [1.82, 2.24) is 19.8 Å². The molecule has 1 saturated heterocycles. The Morgan fingerprint density at radius 2 is 1.93 bits per heavy atom. The van der Waals surface area contributed by atoms with Gasteiger partial charge in [-0.1, -0.05) is 0 Å². The Labute approximate surface area is 159 Å². The minimum absolute atomic E-state index is 0.101. The lowest BCUT2D eigenvalue weighted by atomic mass is 10.0. The summed E-state index contributed by atoms with van der Waals surface area (Å²) in [6, 6.07) is 5.19. The van der Waals surface area contributed by atoms with Crippen LogP contribution in [0.3, 0.4) is 0 Å². The van der Waals surface area contributed by atoms with Crippen LogP contribution in [0.1, 0.15) is 25.1 Å². The molecule has 0 radical (unpaired) electrons. The predicted octanol–water partition coefficient (Wildman–Crippen LogP) is 2.65. The van der Waals surface area contributed by atoms with E-state index in [9.17, 15) is 9.18 Å². The van der Waals surface area contributed by atoms with Crippen LogP contribution < -0.4 is 4.74 Å². The second-order valence-electron chi connectivity index (χ2n) is 6.71. The van der Waals surface area contributed by atoms with E-state index in [-0.39, 0.29) is 11.7 Å². The zero-order valence-corrected chi connectivity index (χ0v) is 16.0. The fourth-order valence-electron chi connectivity index (χ4n) is 3.31. The normalized spacial score (nSPS) is 15.0. The molecule has 1 aliphatic heterocycles. The number of rotatable bonds is 5. The summed E-state index contributed by atoms with van der Waals surface area (Å²) in [6.45, 7) is 9.33. The molecule has 27 heavy (non-hydrogen) atoms. The Morgan fingerprint density at radius 1 is 1.19 bits per heavy atom. The number of aryl methyl sites for hydroxylation is 1. The number of halogens is 1. The van der Waals surface area contributed by atoms with Gasteiger partial charge in [-0.2, -0.15) is 0 Å². The number of piperazine rings is 1. The number of hydrogen-bond acceptors (Lipinski definition) is 5. The van der Waals surface area contributed by atoms with Gasteiger partial charge in [-0.05, 0) is 37.6 Å². The topological polar surface area (TPSA) is 58.6 Å². The van der Waals surface area contributed by atoms with Crippen LogP contribution in [0.25, 0.3) is 11.3 Å². The van der Waals surface area contributed by atoms with E-state index in [0.29, 0.717) is 43.2 Å². The van der Waals surface area contributed by atoms with Crippen molar-refractivity contribution in [3.63, 3.8) is 0 Å². The molecular weight excluding hydrogens is 347 g/mol. The van der Waals surface area contributed by atoms with Gasteiger partial charge in [-0.15, -0.1) is 0 Å². The molecule has 1 aromatic carbocycles. The maximum atomic E-state index is 15.0. The van der Waals surface area contributed by atoms with Crippen LogP contribution in [-0.2, 0) is 11.3 Å². The number of benzene rings is 1. The highest BCUT2D eigenvalue weighted by Crippen LogP contribution is 2.33. The minimum Gasteiger partial charge on any atom is -0.493 e. The van der Waals surface area contributed by atoms with Gasteiger partial charge < -0.3 is 9.64 Å². The fourth-order valence-corrected chi connectivity index (χ4v) is 3.31. The van der Waals surface area contributed by atoms with Crippen LogP contribution >= 0.6 is 0 Å². The third-order valence-electron chi connectivity index (χ3n) is 4.70. The maximum Gasteiger partial charge on any atom is 0.219 e. The average molecular weight is 372 g/mol. The van der Waals surface area contributed by atoms with Crippen LogP contribution in [0.4, 0.5) is 4.39 Å². The molecule has 1 aromatic heterocycles. The number of carbonyl (C=O) groups is 1. The van der Waals surface area contributed by atoms with Gasteiger partial charge in [0.1, 0.15) is 17.9 Å². The van der Waals surface area contributed by atoms with Crippen molar-refractivity contribution in [2.24, 2.45) is 0 Å². The van der Waals surface area contributed by atoms with Crippen LogP contribution in [0.15, 0.2) is 24.5 Å². The first-order valence-corrected chi connectivity index (χ1v) is 9.20. The molecule has 6 nitrogen and oxygen atoms in total. The van der Waals surface area contributed by atoms with Crippen LogP contribution in [0.2, 0.25) is 0 Å². The first-order valence-electron chi connectivity index (χ1n) is 9.20. The summed E-state index contributed by atoms with van der Waals surface area (Å²) in [5.41, 5.74) is 2.51. The van der Waals surface area contributed by atoms with Crippen LogP contribution in [0.5, 0.6) is 5.75 Å². The Balaban J connectivity index is 1.83. The van der Waals surface area contributed by atoms with Crippen molar-refractivity contribution < 1.29 is 13.9 Å². The second-order valence-corrected chi connectivity index (χ2v) is 6.71. The Kier molecular flexibility index (Phi) is 6.01. The first kappa shape index (κ1) is 19.2. The van der Waals surface area contributed by atoms with E-state index in [1.807, 2.05) is 24.8 Å². The largest absolute Gasteiger partial charge is 0.493 e. The van der Waals surface area contributed by atoms with Gasteiger partial charge in [0.2, 0.25) is 5.91 Å². The molecule has 3 rings (SSSR count). The molecule has 0 aliphatic carbocycles. The fraction of sp³-hybridized carbons (Fsp3) is 0.450. The summed E-state index contributed by atoms with van der Waals surface area (Å²) >= 11 is 0. The van der Waals surface area contributed by atoms with Crippen molar-refractivity contribution >= 4 is 5.91 Å². The van der Waals surface area contributed by atoms with E-state index < -0.39 is 0 Å². The molecule has 0 spiro atoms. The highest BCUT2D eigenvalue weighted by molar-refractivity contribution is 5.73. The van der Waals surface area contributed by atoms with Gasteiger partial charge in [0.25, 0.3) is 0 Å². The van der Waals surface area contributed by atoms with Crippen molar-refractivity contribution in [3.8, 4) is 17.0 Å². The molecule has 1 fully saturated rings. The van der Waals surface area contributed by atoms with Crippen LogP contribution in [0, 0.1) is 12.7 Å². The predicted molar refractivity (Wildman–Crippen MR) is 101 cm³/mol. The Bertz CT molecular complexity index is 820. The molecule has 0 atom stereocenters. The summed E-state index contributed by atoms with van der Waals surface area (Å²) in [5.74, 6) is 0.244. The summed E-state index contributed by atoms with van der Waals surface area (Å²) in [7, 11) is 0. The number of nitrogens with zero attached hydrogens (tertiary/aromatic N) is 4. The average Bonchev–Trinajstić information content (AvgIpc) is 2.62. The van der Waals surface area contributed by atoms with E-state index in [2.05, 4.69) is 14.9 Å². The molecule has 7 heteroatoms. The third-order valence-corrected chi connectivity index (χ3v) is 4.70. The smallest absolute Gasteiger partial charge is 0.219 e. The monoisotopic (exact) mass is 372 g/mol. The van der Waals surface area contributed by atoms with Gasteiger partial charge >= 0.3 is 0 Å². The molecule has 0 unspecified atom stereocenters. The van der Waals surface area contributed by atoms with E-state index in [0.717, 1.165) is 24.3 Å². The van der Waals surface area contributed by atoms with Gasteiger partial charge in [0.05, 0.1) is 17.9 Å². The van der Waals surface area contributed by atoms with Crippen molar-refractivity contribution in [3.05, 3.63) is 41.6 Å². The van der Waals surface area contributed by atoms with E-state index in [4.69, 9.17) is 4.74 Å². The Morgan fingerprint density at radius 3 is 2.56 bits per heavy atom. The van der Waals surface area contributed by atoms with Crippen molar-refractivity contribution in [2.75, 3.05) is 32.8 Å². The molecule has 2 heterocycles. The van der Waals surface area contributed by atoms with Gasteiger partial charge in [0.15, 0.2) is 0 Å². The molecule has 1 amide bonds. The summed E-state index contributed by atoms with van der Waals surface area (Å²) < 4.78 is 20.7. The zero-order valence-electron chi connectivity index (χ0n) is 16.0. The second kappa shape index (κ2) is 8.43. The number of amides is 1. The molecule has 0 N–H and O–H groups in total. The summed E-state index contributed by atoms with van der Waals surface area (Å²) in [6.07, 6.45) is 1.43. The lowest BCUT2D eigenvalue weighted by Crippen LogP contribution is -2.47. The third kappa shape index (κ3) is 4.60. The van der Waals surface area contributed by atoms with E-state index >= 15 is 0 Å². The standard InChI is InChI=1S/C20H25FN4O2/c1-4-27-19-11-16(12-24-5-7-25(8-6-24)15(3)26)10-17(21)20(19)18-9-14(2)22-13-23-18/h9-11,13H,4-8,12H2,1-3H3. The van der Waals surface area contributed by atoms with E-state index in [1.165, 1.54) is 6.33 Å². The van der Waals surface area contributed by atoms with Gasteiger partial charge in [-0.3, -0.25) is 9.69 Å². The molecule has 2 aromatic rings. The van der Waals surface area contributed by atoms with Crippen molar-refractivity contribution in [2.45, 2.75) is 27.3 Å². The molecular formula is C20H25FN4O2. The minimum atomic E-state index is -0.351. The first-order chi connectivity index (χ1) is 13.0. The molecule has 0 saturated carbocycles. The zero-order chi connectivity index (χ0) is 19.4. The number of hydrogen-bond donors (Lipinski definition) is 0. The van der Waals surface area contributed by atoms with E-state index in [1.54, 1.807) is 19.1 Å². The Hall–Kier alpha value is -2.54. The van der Waals surface area contributed by atoms with Crippen LogP contribution in [-0.4, -0.2) is 58.5 Å². The lowest BCUT2D eigenvalue weighted by molar-refractivity contribution is -0.130. The summed E-state index contributed by atoms with van der Waals surface area (Å²) in [4.78, 5) is 23.8.